The van der Waals surface area contributed by atoms with Gasteiger partial charge in [0.25, 0.3) is 0 Å². The Bertz CT molecular complexity index is 706. The molecule has 5 nitrogen and oxygen atoms in total. The highest BCUT2D eigenvalue weighted by Gasteiger charge is 2.36. The highest BCUT2D eigenvalue weighted by molar-refractivity contribution is 7.99. The molecule has 0 spiro atoms. The molecule has 0 saturated heterocycles. The smallest absolute Gasteiger partial charge is 0.197 e. The molecule has 21 heavy (non-hydrogen) atoms. The van der Waals surface area contributed by atoms with E-state index in [9.17, 15) is 0 Å². The first-order valence-corrected chi connectivity index (χ1v) is 8.46. The van der Waals surface area contributed by atoms with E-state index in [0.29, 0.717) is 17.1 Å². The van der Waals surface area contributed by atoms with Gasteiger partial charge in [0.05, 0.1) is 11.4 Å². The maximum absolute atomic E-state index is 6.23. The number of aromatic nitrogens is 5. The molecule has 0 unspecified atom stereocenters. The quantitative estimate of drug-likeness (QED) is 0.859. The summed E-state index contributed by atoms with van der Waals surface area (Å²) in [5.74, 6) is 1.75. The molecule has 4 rings (SSSR count). The van der Waals surface area contributed by atoms with E-state index in [4.69, 9.17) is 11.6 Å². The van der Waals surface area contributed by atoms with E-state index >= 15 is 0 Å². The largest absolute Gasteiger partial charge is 0.302 e. The van der Waals surface area contributed by atoms with E-state index in [0.717, 1.165) is 27.4 Å². The van der Waals surface area contributed by atoms with E-state index in [2.05, 4.69) is 24.7 Å². The van der Waals surface area contributed by atoms with Crippen molar-refractivity contribution >= 4 is 23.4 Å². The lowest BCUT2D eigenvalue weighted by molar-refractivity contribution is 0.626. The summed E-state index contributed by atoms with van der Waals surface area (Å²) in [5.41, 5.74) is 1.77. The van der Waals surface area contributed by atoms with Gasteiger partial charge in [0.1, 0.15) is 10.9 Å². The summed E-state index contributed by atoms with van der Waals surface area (Å²) in [6.45, 7) is 3.87. The topological polar surface area (TPSA) is 56.5 Å². The Labute approximate surface area is 132 Å². The molecule has 2 heterocycles. The third-order valence-electron chi connectivity index (χ3n) is 3.97. The van der Waals surface area contributed by atoms with Gasteiger partial charge in [-0.25, -0.2) is 9.97 Å². The molecule has 110 valence electrons. The van der Waals surface area contributed by atoms with Gasteiger partial charge in [0.2, 0.25) is 0 Å². The van der Waals surface area contributed by atoms with Gasteiger partial charge in [-0.3, -0.25) is 0 Å². The summed E-state index contributed by atoms with van der Waals surface area (Å²) >= 11 is 7.71. The van der Waals surface area contributed by atoms with Gasteiger partial charge < -0.3 is 4.57 Å². The van der Waals surface area contributed by atoms with Gasteiger partial charge in [0, 0.05) is 12.0 Å². The molecule has 2 aliphatic rings. The van der Waals surface area contributed by atoms with Crippen molar-refractivity contribution in [3.05, 3.63) is 22.4 Å². The summed E-state index contributed by atoms with van der Waals surface area (Å²) in [7, 11) is 0. The lowest BCUT2D eigenvalue weighted by atomic mass is 10.4. The van der Waals surface area contributed by atoms with Crippen molar-refractivity contribution in [1.82, 2.24) is 24.7 Å². The molecular weight excluding hydrogens is 306 g/mol. The Kier molecular flexibility index (Phi) is 3.19. The number of hydrogen-bond acceptors (Lipinski definition) is 5. The molecule has 2 aromatic heterocycles. The fourth-order valence-electron chi connectivity index (χ4n) is 2.36. The maximum atomic E-state index is 6.23. The molecule has 2 saturated carbocycles. The molecule has 0 amide bonds. The average Bonchev–Trinajstić information content (AvgIpc) is 3.35. The lowest BCUT2D eigenvalue weighted by Crippen LogP contribution is -2.02. The van der Waals surface area contributed by atoms with Crippen molar-refractivity contribution < 1.29 is 0 Å². The van der Waals surface area contributed by atoms with Crippen molar-refractivity contribution in [3.8, 4) is 0 Å². The Morgan fingerprint density at radius 1 is 1.05 bits per heavy atom. The predicted octanol–water partition coefficient (Wildman–Crippen LogP) is 3.70. The van der Waals surface area contributed by atoms with Gasteiger partial charge in [-0.1, -0.05) is 11.6 Å². The van der Waals surface area contributed by atoms with Gasteiger partial charge in [-0.05, 0) is 51.3 Å². The fourth-order valence-corrected chi connectivity index (χ4v) is 3.55. The first-order valence-electron chi connectivity index (χ1n) is 7.27. The van der Waals surface area contributed by atoms with Crippen LogP contribution in [0.4, 0.5) is 0 Å². The van der Waals surface area contributed by atoms with Crippen LogP contribution in [0.25, 0.3) is 0 Å². The molecule has 0 bridgehead atoms. The SMILES string of the molecule is Cc1nc(Cl)c(Sc2nnc(C3CC3)n2C2CC2)nc1C. The fraction of sp³-hybridized carbons (Fsp3) is 0.571. The minimum Gasteiger partial charge on any atom is -0.302 e. The average molecular weight is 322 g/mol. The number of halogens is 1. The van der Waals surface area contributed by atoms with Crippen molar-refractivity contribution in [2.75, 3.05) is 0 Å². The van der Waals surface area contributed by atoms with Crippen LogP contribution in [-0.4, -0.2) is 24.7 Å². The molecule has 0 radical (unpaired) electrons. The van der Waals surface area contributed by atoms with Crippen molar-refractivity contribution in [1.29, 1.82) is 0 Å². The van der Waals surface area contributed by atoms with E-state index in [-0.39, 0.29) is 0 Å². The molecule has 0 atom stereocenters. The molecule has 2 fully saturated rings. The summed E-state index contributed by atoms with van der Waals surface area (Å²) in [6.07, 6.45) is 4.91. The van der Waals surface area contributed by atoms with Crippen LogP contribution >= 0.6 is 23.4 Å². The summed E-state index contributed by atoms with van der Waals surface area (Å²) in [5, 5.41) is 10.8. The second-order valence-electron chi connectivity index (χ2n) is 5.81. The zero-order chi connectivity index (χ0) is 14.6. The highest BCUT2D eigenvalue weighted by Crippen LogP contribution is 2.46. The molecule has 2 aromatic rings. The van der Waals surface area contributed by atoms with Crippen LogP contribution in [0.15, 0.2) is 10.2 Å². The number of aryl methyl sites for hydroxylation is 2. The Hall–Kier alpha value is -1.14. The van der Waals surface area contributed by atoms with Gasteiger partial charge >= 0.3 is 0 Å². The molecular formula is C14H16ClN5S. The van der Waals surface area contributed by atoms with Crippen LogP contribution in [0.5, 0.6) is 0 Å². The number of rotatable bonds is 4. The first-order chi connectivity index (χ1) is 10.1. The monoisotopic (exact) mass is 321 g/mol. The molecule has 0 N–H and O–H groups in total. The van der Waals surface area contributed by atoms with Crippen LogP contribution in [0.3, 0.4) is 0 Å². The minimum absolute atomic E-state index is 0.446. The Morgan fingerprint density at radius 3 is 2.43 bits per heavy atom. The van der Waals surface area contributed by atoms with Crippen LogP contribution in [-0.2, 0) is 0 Å². The summed E-state index contributed by atoms with van der Waals surface area (Å²) < 4.78 is 2.30. The number of nitrogens with zero attached hydrogens (tertiary/aromatic N) is 5. The Balaban J connectivity index is 1.70. The first kappa shape index (κ1) is 13.5. The molecule has 7 heteroatoms. The zero-order valence-corrected chi connectivity index (χ0v) is 13.6. The van der Waals surface area contributed by atoms with Crippen LogP contribution in [0, 0.1) is 13.8 Å². The second kappa shape index (κ2) is 4.95. The van der Waals surface area contributed by atoms with Gasteiger partial charge in [-0.15, -0.1) is 10.2 Å². The maximum Gasteiger partial charge on any atom is 0.197 e. The van der Waals surface area contributed by atoms with E-state index in [1.807, 2.05) is 13.8 Å². The zero-order valence-electron chi connectivity index (χ0n) is 12.0. The Morgan fingerprint density at radius 2 is 1.76 bits per heavy atom. The van der Waals surface area contributed by atoms with E-state index in [1.165, 1.54) is 37.4 Å². The van der Waals surface area contributed by atoms with Gasteiger partial charge in [-0.2, -0.15) is 0 Å². The molecule has 2 aliphatic carbocycles. The minimum atomic E-state index is 0.446. The van der Waals surface area contributed by atoms with Crippen molar-refractivity contribution in [3.63, 3.8) is 0 Å². The predicted molar refractivity (Wildman–Crippen MR) is 80.9 cm³/mol. The normalized spacial score (nSPS) is 18.2. The van der Waals surface area contributed by atoms with Crippen LogP contribution in [0.2, 0.25) is 5.15 Å². The summed E-state index contributed by atoms with van der Waals surface area (Å²) in [4.78, 5) is 8.88. The standard InChI is InChI=1S/C14H16ClN5S/c1-7-8(2)17-13(11(15)16-7)21-14-19-18-12(9-3-4-9)20(14)10-5-6-10/h9-10H,3-6H2,1-2H3. The molecule has 0 aliphatic heterocycles. The lowest BCUT2D eigenvalue weighted by Gasteiger charge is -2.09. The van der Waals surface area contributed by atoms with E-state index in [1.54, 1.807) is 0 Å². The van der Waals surface area contributed by atoms with Crippen molar-refractivity contribution in [2.45, 2.75) is 61.7 Å². The van der Waals surface area contributed by atoms with E-state index < -0.39 is 0 Å². The molecule has 0 aromatic carbocycles. The van der Waals surface area contributed by atoms with Gasteiger partial charge in [0.15, 0.2) is 10.3 Å². The van der Waals surface area contributed by atoms with Crippen LogP contribution < -0.4 is 0 Å². The third-order valence-corrected chi connectivity index (χ3v) is 5.28. The highest BCUT2D eigenvalue weighted by atomic mass is 35.5. The third kappa shape index (κ3) is 2.55. The van der Waals surface area contributed by atoms with Crippen LogP contribution in [0.1, 0.15) is 54.9 Å². The summed E-state index contributed by atoms with van der Waals surface area (Å²) in [6, 6.07) is 0.566. The second-order valence-corrected chi connectivity index (χ2v) is 7.12. The van der Waals surface area contributed by atoms with Crippen molar-refractivity contribution in [2.24, 2.45) is 0 Å². The number of hydrogen-bond donors (Lipinski definition) is 0.